The maximum atomic E-state index is 10.9. The summed E-state index contributed by atoms with van der Waals surface area (Å²) in [5.41, 5.74) is 1.18. The van der Waals surface area contributed by atoms with Gasteiger partial charge >= 0.3 is 11.9 Å². The quantitative estimate of drug-likeness (QED) is 0.857. The molecule has 0 atom stereocenters. The normalized spacial score (nSPS) is 10.3. The van der Waals surface area contributed by atoms with E-state index in [2.05, 4.69) is 5.10 Å². The topological polar surface area (TPSA) is 92.4 Å². The van der Waals surface area contributed by atoms with E-state index >= 15 is 0 Å². The van der Waals surface area contributed by atoms with Crippen molar-refractivity contribution in [2.24, 2.45) is 0 Å². The molecular weight excluding hydrogens is 236 g/mol. The Kier molecular flexibility index (Phi) is 2.85. The zero-order valence-electron chi connectivity index (χ0n) is 9.49. The summed E-state index contributed by atoms with van der Waals surface area (Å²) < 4.78 is 1.40. The lowest BCUT2D eigenvalue weighted by molar-refractivity contribution is 0.0685. The summed E-state index contributed by atoms with van der Waals surface area (Å²) >= 11 is 0. The van der Waals surface area contributed by atoms with Crippen LogP contribution in [0.15, 0.2) is 30.5 Å². The van der Waals surface area contributed by atoms with Crippen LogP contribution in [0.3, 0.4) is 0 Å². The Hall–Kier alpha value is -2.63. The van der Waals surface area contributed by atoms with Gasteiger partial charge in [0.05, 0.1) is 23.1 Å². The van der Waals surface area contributed by atoms with Gasteiger partial charge < -0.3 is 10.2 Å². The minimum Gasteiger partial charge on any atom is -0.478 e. The molecule has 18 heavy (non-hydrogen) atoms. The summed E-state index contributed by atoms with van der Waals surface area (Å²) in [6.45, 7) is 1.61. The van der Waals surface area contributed by atoms with Crippen molar-refractivity contribution in [2.45, 2.75) is 6.92 Å². The summed E-state index contributed by atoms with van der Waals surface area (Å²) in [5, 5.41) is 21.8. The molecular formula is C12H10N2O4. The molecule has 6 nitrogen and oxygen atoms in total. The number of rotatable bonds is 3. The fourth-order valence-corrected chi connectivity index (χ4v) is 1.65. The lowest BCUT2D eigenvalue weighted by Crippen LogP contribution is -2.04. The number of benzene rings is 1. The van der Waals surface area contributed by atoms with Crippen molar-refractivity contribution in [3.8, 4) is 5.69 Å². The molecule has 0 saturated carbocycles. The predicted molar refractivity (Wildman–Crippen MR) is 62.2 cm³/mol. The van der Waals surface area contributed by atoms with Crippen molar-refractivity contribution in [1.29, 1.82) is 0 Å². The average Bonchev–Trinajstić information content (AvgIpc) is 2.71. The molecule has 0 fully saturated rings. The largest absolute Gasteiger partial charge is 0.478 e. The first-order chi connectivity index (χ1) is 8.50. The molecule has 0 aliphatic heterocycles. The first-order valence-corrected chi connectivity index (χ1v) is 5.12. The summed E-state index contributed by atoms with van der Waals surface area (Å²) in [6.07, 6.45) is 1.24. The van der Waals surface area contributed by atoms with Crippen molar-refractivity contribution < 1.29 is 19.8 Å². The van der Waals surface area contributed by atoms with Crippen LogP contribution < -0.4 is 0 Å². The van der Waals surface area contributed by atoms with Crippen molar-refractivity contribution in [3.05, 3.63) is 47.3 Å². The van der Waals surface area contributed by atoms with E-state index in [9.17, 15) is 9.59 Å². The SMILES string of the molecule is Cc1c(C(=O)O)cnn1-c1cccc(C(=O)O)c1. The second kappa shape index (κ2) is 4.33. The van der Waals surface area contributed by atoms with Crippen molar-refractivity contribution >= 4 is 11.9 Å². The van der Waals surface area contributed by atoms with Gasteiger partial charge in [-0.1, -0.05) is 6.07 Å². The van der Waals surface area contributed by atoms with E-state index < -0.39 is 11.9 Å². The Labute approximate surface area is 102 Å². The van der Waals surface area contributed by atoms with Gasteiger partial charge in [-0.25, -0.2) is 14.3 Å². The number of carboxylic acids is 2. The Bertz CT molecular complexity index is 631. The van der Waals surface area contributed by atoms with Crippen LogP contribution in [-0.2, 0) is 0 Å². The number of carbonyl (C=O) groups is 2. The molecule has 0 amide bonds. The van der Waals surface area contributed by atoms with E-state index in [0.29, 0.717) is 11.4 Å². The van der Waals surface area contributed by atoms with Crippen LogP contribution in [0.4, 0.5) is 0 Å². The Morgan fingerprint density at radius 2 is 1.94 bits per heavy atom. The van der Waals surface area contributed by atoms with Crippen LogP contribution in [0, 0.1) is 6.92 Å². The van der Waals surface area contributed by atoms with Crippen LogP contribution in [0.2, 0.25) is 0 Å². The summed E-state index contributed by atoms with van der Waals surface area (Å²) in [4.78, 5) is 21.8. The minimum absolute atomic E-state index is 0.0933. The third-order valence-electron chi connectivity index (χ3n) is 2.58. The Morgan fingerprint density at radius 1 is 1.22 bits per heavy atom. The van der Waals surface area contributed by atoms with Gasteiger partial charge in [0.15, 0.2) is 0 Å². The van der Waals surface area contributed by atoms with Gasteiger partial charge in [0.2, 0.25) is 0 Å². The molecule has 92 valence electrons. The van der Waals surface area contributed by atoms with Crippen LogP contribution in [-0.4, -0.2) is 31.9 Å². The maximum absolute atomic E-state index is 10.9. The monoisotopic (exact) mass is 246 g/mol. The van der Waals surface area contributed by atoms with Gasteiger partial charge in [0, 0.05) is 0 Å². The highest BCUT2D eigenvalue weighted by atomic mass is 16.4. The zero-order chi connectivity index (χ0) is 13.3. The van der Waals surface area contributed by atoms with Gasteiger partial charge in [0.1, 0.15) is 5.56 Å². The van der Waals surface area contributed by atoms with E-state index in [1.807, 2.05) is 0 Å². The molecule has 0 radical (unpaired) electrons. The highest BCUT2D eigenvalue weighted by molar-refractivity contribution is 5.89. The predicted octanol–water partition coefficient (Wildman–Crippen LogP) is 1.58. The lowest BCUT2D eigenvalue weighted by atomic mass is 10.2. The second-order valence-electron chi connectivity index (χ2n) is 3.72. The highest BCUT2D eigenvalue weighted by Crippen LogP contribution is 2.15. The molecule has 1 aromatic carbocycles. The fourth-order valence-electron chi connectivity index (χ4n) is 1.65. The van der Waals surface area contributed by atoms with Crippen LogP contribution in [0.5, 0.6) is 0 Å². The number of nitrogens with zero attached hydrogens (tertiary/aromatic N) is 2. The summed E-state index contributed by atoms with van der Waals surface area (Å²) in [5.74, 6) is -2.10. The van der Waals surface area contributed by atoms with Gasteiger partial charge in [-0.2, -0.15) is 5.10 Å². The smallest absolute Gasteiger partial charge is 0.339 e. The molecule has 0 saturated heterocycles. The van der Waals surface area contributed by atoms with Crippen molar-refractivity contribution in [3.63, 3.8) is 0 Å². The average molecular weight is 246 g/mol. The van der Waals surface area contributed by atoms with Gasteiger partial charge in [0.25, 0.3) is 0 Å². The maximum Gasteiger partial charge on any atom is 0.339 e. The third-order valence-corrected chi connectivity index (χ3v) is 2.58. The number of hydrogen-bond donors (Lipinski definition) is 2. The lowest BCUT2D eigenvalue weighted by Gasteiger charge is -2.05. The molecule has 1 aromatic heterocycles. The zero-order valence-corrected chi connectivity index (χ0v) is 9.49. The first kappa shape index (κ1) is 11.8. The van der Waals surface area contributed by atoms with Crippen LogP contribution in [0.25, 0.3) is 5.69 Å². The Morgan fingerprint density at radius 3 is 2.50 bits per heavy atom. The molecule has 2 rings (SSSR count). The summed E-state index contributed by atoms with van der Waals surface area (Å²) in [6, 6.07) is 6.15. The third kappa shape index (κ3) is 1.95. The second-order valence-corrected chi connectivity index (χ2v) is 3.72. The van der Waals surface area contributed by atoms with E-state index in [1.165, 1.54) is 23.0 Å². The molecule has 2 aromatic rings. The summed E-state index contributed by atoms with van der Waals surface area (Å²) in [7, 11) is 0. The standard InChI is InChI=1S/C12H10N2O4/c1-7-10(12(17)18)6-13-14(7)9-4-2-3-8(5-9)11(15)16/h2-6H,1H3,(H,15,16)(H,17,18). The van der Waals surface area contributed by atoms with E-state index in [1.54, 1.807) is 19.1 Å². The fraction of sp³-hybridized carbons (Fsp3) is 0.0833. The number of carboxylic acid groups (broad SMARTS) is 2. The Balaban J connectivity index is 2.52. The van der Waals surface area contributed by atoms with Crippen molar-refractivity contribution in [2.75, 3.05) is 0 Å². The van der Waals surface area contributed by atoms with Crippen LogP contribution in [0.1, 0.15) is 26.4 Å². The van der Waals surface area contributed by atoms with E-state index in [0.717, 1.165) is 0 Å². The number of hydrogen-bond acceptors (Lipinski definition) is 3. The van der Waals surface area contributed by atoms with Gasteiger partial charge in [-0.15, -0.1) is 0 Å². The molecule has 0 aliphatic carbocycles. The van der Waals surface area contributed by atoms with Gasteiger partial charge in [-0.05, 0) is 25.1 Å². The van der Waals surface area contributed by atoms with Crippen molar-refractivity contribution in [1.82, 2.24) is 9.78 Å². The minimum atomic E-state index is -1.06. The number of aromatic nitrogens is 2. The molecule has 0 aliphatic rings. The molecule has 0 spiro atoms. The molecule has 6 heteroatoms. The molecule has 0 unspecified atom stereocenters. The first-order valence-electron chi connectivity index (χ1n) is 5.12. The van der Waals surface area contributed by atoms with Gasteiger partial charge in [-0.3, -0.25) is 0 Å². The van der Waals surface area contributed by atoms with E-state index in [-0.39, 0.29) is 11.1 Å². The number of aromatic carboxylic acids is 2. The van der Waals surface area contributed by atoms with E-state index in [4.69, 9.17) is 10.2 Å². The van der Waals surface area contributed by atoms with Crippen LogP contribution >= 0.6 is 0 Å². The molecule has 2 N–H and O–H groups in total. The molecule has 0 bridgehead atoms. The molecule has 1 heterocycles. The highest BCUT2D eigenvalue weighted by Gasteiger charge is 2.14.